The molecule has 2 aliphatic heterocycles. The lowest BCUT2D eigenvalue weighted by Gasteiger charge is -2.48. The van der Waals surface area contributed by atoms with E-state index in [-0.39, 0.29) is 12.3 Å². The molecule has 10 rings (SSSR count). The third kappa shape index (κ3) is 4.17. The monoisotopic (exact) mass is 603 g/mol. The predicted molar refractivity (Wildman–Crippen MR) is 189 cm³/mol. The van der Waals surface area contributed by atoms with Crippen LogP contribution in [0, 0.1) is 5.92 Å². The minimum Gasteiger partial charge on any atom is -0.265 e. The van der Waals surface area contributed by atoms with Crippen LogP contribution >= 0.6 is 11.8 Å². The normalized spacial score (nSPS) is 30.6. The highest BCUT2D eigenvalue weighted by molar-refractivity contribution is 8.04. The van der Waals surface area contributed by atoms with E-state index in [2.05, 4.69) is 126 Å². The maximum Gasteiger partial charge on any atom is 0.178 e. The van der Waals surface area contributed by atoms with Gasteiger partial charge in [0.15, 0.2) is 12.3 Å². The molecular formula is C42H39N2S+. The predicted octanol–water partition coefficient (Wildman–Crippen LogP) is 9.00. The molecule has 45 heavy (non-hydrogen) atoms. The summed E-state index contributed by atoms with van der Waals surface area (Å²) in [6.07, 6.45) is 32.7. The first-order chi connectivity index (χ1) is 22.3. The number of nitrogens with one attached hydrogen (secondary N) is 2. The average molecular weight is 604 g/mol. The van der Waals surface area contributed by atoms with E-state index in [9.17, 15) is 0 Å². The first-order valence-corrected chi connectivity index (χ1v) is 18.0. The van der Waals surface area contributed by atoms with Gasteiger partial charge in [0.25, 0.3) is 0 Å². The molecule has 6 unspecified atom stereocenters. The molecular weight excluding hydrogens is 565 g/mol. The molecule has 3 aromatic carbocycles. The Morgan fingerprint density at radius 2 is 1.62 bits per heavy atom. The Morgan fingerprint density at radius 3 is 2.62 bits per heavy atom. The molecule has 5 aliphatic carbocycles. The average Bonchev–Trinajstić information content (AvgIpc) is 3.47. The summed E-state index contributed by atoms with van der Waals surface area (Å²) in [5, 5.41) is 7.50. The highest BCUT2D eigenvalue weighted by Gasteiger charge is 2.48. The van der Waals surface area contributed by atoms with E-state index in [4.69, 9.17) is 0 Å². The Bertz CT molecular complexity index is 1980. The second kappa shape index (κ2) is 10.5. The van der Waals surface area contributed by atoms with Gasteiger partial charge in [-0.25, -0.2) is 5.32 Å². The zero-order chi connectivity index (χ0) is 29.5. The number of fused-ring (bicyclic) bond motifs is 8. The second-order valence-electron chi connectivity index (χ2n) is 13.9. The Kier molecular flexibility index (Phi) is 6.17. The third-order valence-electron chi connectivity index (χ3n) is 11.5. The van der Waals surface area contributed by atoms with E-state index >= 15 is 0 Å². The summed E-state index contributed by atoms with van der Waals surface area (Å²) in [5.41, 5.74) is 13.5. The van der Waals surface area contributed by atoms with E-state index in [1.165, 1.54) is 74.9 Å². The van der Waals surface area contributed by atoms with E-state index in [0.29, 0.717) is 17.1 Å². The molecule has 6 atom stereocenters. The number of quaternary nitrogens is 1. The van der Waals surface area contributed by atoms with Crippen molar-refractivity contribution in [3.05, 3.63) is 147 Å². The highest BCUT2D eigenvalue weighted by atomic mass is 32.2. The van der Waals surface area contributed by atoms with Crippen molar-refractivity contribution in [3.8, 4) is 0 Å². The molecule has 7 aliphatic rings. The van der Waals surface area contributed by atoms with Gasteiger partial charge < -0.3 is 0 Å². The van der Waals surface area contributed by atoms with Gasteiger partial charge in [0.05, 0.1) is 0 Å². The van der Waals surface area contributed by atoms with Crippen LogP contribution in [-0.4, -0.2) is 11.4 Å². The summed E-state index contributed by atoms with van der Waals surface area (Å²) in [6, 6.07) is 19.2. The first kappa shape index (κ1) is 26.6. The summed E-state index contributed by atoms with van der Waals surface area (Å²) >= 11 is 2.08. The van der Waals surface area contributed by atoms with Gasteiger partial charge in [-0.15, -0.1) is 11.8 Å². The van der Waals surface area contributed by atoms with Crippen LogP contribution in [0.5, 0.6) is 0 Å². The number of rotatable bonds is 3. The molecule has 2 N–H and O–H groups in total. The Hall–Kier alpha value is -3.63. The number of hydrogen-bond acceptors (Lipinski definition) is 2. The maximum absolute atomic E-state index is 4.11. The lowest BCUT2D eigenvalue weighted by molar-refractivity contribution is -0.947. The van der Waals surface area contributed by atoms with Crippen LogP contribution < -0.4 is 10.2 Å². The number of aryl methyl sites for hydroxylation is 1. The van der Waals surface area contributed by atoms with Gasteiger partial charge in [0, 0.05) is 38.5 Å². The van der Waals surface area contributed by atoms with Crippen LogP contribution in [0.4, 0.5) is 5.69 Å². The summed E-state index contributed by atoms with van der Waals surface area (Å²) in [4.78, 5) is 3.08. The molecule has 1 saturated heterocycles. The summed E-state index contributed by atoms with van der Waals surface area (Å²) in [7, 11) is 0. The molecule has 1 fully saturated rings. The van der Waals surface area contributed by atoms with E-state index in [0.717, 1.165) is 19.3 Å². The van der Waals surface area contributed by atoms with Crippen LogP contribution in [0.25, 0.3) is 22.9 Å². The molecule has 0 aromatic heterocycles. The lowest BCUT2D eigenvalue weighted by atomic mass is 9.77. The van der Waals surface area contributed by atoms with Crippen LogP contribution in [0.1, 0.15) is 78.4 Å². The maximum atomic E-state index is 4.11. The minimum absolute atomic E-state index is 0.230. The minimum atomic E-state index is 0.230. The Balaban J connectivity index is 1.11. The number of benzene rings is 3. The molecule has 0 saturated carbocycles. The van der Waals surface area contributed by atoms with Gasteiger partial charge in [-0.3, -0.25) is 4.90 Å². The zero-order valence-corrected chi connectivity index (χ0v) is 26.5. The fourth-order valence-corrected chi connectivity index (χ4v) is 10.7. The second-order valence-corrected chi connectivity index (χ2v) is 15.1. The number of thioether (sulfide) groups is 1. The van der Waals surface area contributed by atoms with Gasteiger partial charge in [0.2, 0.25) is 0 Å². The standard InChI is InChI=1S/C42H38N2S/c1-3-10-29-24-31(18-16-26(29)8-1)41-43-42(32-19-17-27-9-2-4-11-30(27)25-32)44(41)36-14-7-13-34-33(36)22-20-28-21-23-38-40(39(28)34)35-12-5-6-15-37(35)45-38/h1,4,6-8,11,13-24,30,38,40-43H,2-3,5,9-10,12,25H2/p+1. The summed E-state index contributed by atoms with van der Waals surface area (Å²) in [5.74, 6) is 1.05. The molecule has 0 bridgehead atoms. The summed E-state index contributed by atoms with van der Waals surface area (Å²) < 4.78 is 0. The molecule has 2 nitrogen and oxygen atoms in total. The van der Waals surface area contributed by atoms with Crippen molar-refractivity contribution in [1.82, 2.24) is 5.32 Å². The fraction of sp³-hybridized carbons (Fsp3) is 0.286. The van der Waals surface area contributed by atoms with Gasteiger partial charge >= 0.3 is 0 Å². The van der Waals surface area contributed by atoms with Crippen molar-refractivity contribution in [1.29, 1.82) is 0 Å². The largest absolute Gasteiger partial charge is 0.265 e. The first-order valence-electron chi connectivity index (χ1n) is 17.1. The van der Waals surface area contributed by atoms with E-state index in [1.807, 2.05) is 0 Å². The number of hydrogen-bond donors (Lipinski definition) is 2. The SMILES string of the molecule is C1=CC2CC(C3NC(c4ccc5c(c4)CCC=C5)[NH+]3c3cccc4c5c(ccc34)C=CC3SC4=C(CCC=C4)C53)=CC=C2CC1. The van der Waals surface area contributed by atoms with Gasteiger partial charge in [-0.1, -0.05) is 96.7 Å². The number of allylic oxidation sites excluding steroid dienone is 9. The van der Waals surface area contributed by atoms with Gasteiger partial charge in [0.1, 0.15) is 5.69 Å². The van der Waals surface area contributed by atoms with Crippen molar-refractivity contribution in [3.63, 3.8) is 0 Å². The van der Waals surface area contributed by atoms with Gasteiger partial charge in [-0.05, 0) is 96.4 Å². The topological polar surface area (TPSA) is 16.5 Å². The molecule has 2 heterocycles. The Labute approximate surface area is 270 Å². The van der Waals surface area contributed by atoms with E-state index in [1.54, 1.807) is 21.6 Å². The van der Waals surface area contributed by atoms with Crippen molar-refractivity contribution >= 4 is 40.4 Å². The molecule has 0 amide bonds. The lowest BCUT2D eigenvalue weighted by Crippen LogP contribution is -3.23. The van der Waals surface area contributed by atoms with Crippen molar-refractivity contribution in [2.45, 2.75) is 68.4 Å². The summed E-state index contributed by atoms with van der Waals surface area (Å²) in [6.45, 7) is 0. The fourth-order valence-electron chi connectivity index (χ4n) is 9.25. The molecule has 222 valence electrons. The smallest absolute Gasteiger partial charge is 0.178 e. The van der Waals surface area contributed by atoms with Crippen molar-refractivity contribution in [2.75, 3.05) is 0 Å². The molecule has 3 heteroatoms. The third-order valence-corrected chi connectivity index (χ3v) is 12.8. The molecule has 0 radical (unpaired) electrons. The quantitative estimate of drug-likeness (QED) is 0.291. The van der Waals surface area contributed by atoms with Crippen LogP contribution in [0.3, 0.4) is 0 Å². The highest BCUT2D eigenvalue weighted by Crippen LogP contribution is 2.55. The van der Waals surface area contributed by atoms with Crippen LogP contribution in [0.15, 0.2) is 119 Å². The molecule has 0 spiro atoms. The van der Waals surface area contributed by atoms with Crippen molar-refractivity contribution < 1.29 is 4.90 Å². The Morgan fingerprint density at radius 1 is 0.733 bits per heavy atom. The van der Waals surface area contributed by atoms with Crippen molar-refractivity contribution in [2.24, 2.45) is 5.92 Å². The van der Waals surface area contributed by atoms with E-state index < -0.39 is 0 Å². The zero-order valence-electron chi connectivity index (χ0n) is 25.6. The van der Waals surface area contributed by atoms with Crippen LogP contribution in [0.2, 0.25) is 0 Å². The van der Waals surface area contributed by atoms with Gasteiger partial charge in [-0.2, -0.15) is 0 Å². The van der Waals surface area contributed by atoms with Crippen LogP contribution in [-0.2, 0) is 6.42 Å². The molecule has 3 aromatic rings.